The number of ether oxygens (including phenoxy) is 3. The minimum absolute atomic E-state index is 0.123. The van der Waals surface area contributed by atoms with E-state index in [4.69, 9.17) is 14.2 Å². The number of rotatable bonds is 6. The van der Waals surface area contributed by atoms with Crippen LogP contribution in [0.15, 0.2) is 24.3 Å². The van der Waals surface area contributed by atoms with Gasteiger partial charge in [-0.3, -0.25) is 4.79 Å². The third kappa shape index (κ3) is 4.44. The molecule has 33 heavy (non-hydrogen) atoms. The summed E-state index contributed by atoms with van der Waals surface area (Å²) in [5, 5.41) is 19.9. The number of carbonyl (C=O) groups excluding carboxylic acids is 1. The fourth-order valence-corrected chi connectivity index (χ4v) is 7.14. The Bertz CT molecular complexity index is 793. The van der Waals surface area contributed by atoms with Gasteiger partial charge in [-0.1, -0.05) is 44.9 Å². The van der Waals surface area contributed by atoms with Crippen molar-refractivity contribution in [1.82, 2.24) is 0 Å². The molecular weight excluding hydrogens is 420 g/mol. The molecule has 0 aromatic carbocycles. The lowest BCUT2D eigenvalue weighted by Crippen LogP contribution is -2.50. The SMILES string of the molecule is C=C[C@@]1(C)CC[C@@]2(C)[C@@H](CC=C3[C@@H]2CCC[C@]3(C)CO[C@H]2O[C@@H](CO)[C@@H](O)[C@H]2OC(C)=O)C1. The van der Waals surface area contributed by atoms with Crippen molar-refractivity contribution in [3.05, 3.63) is 24.3 Å². The molecule has 4 aliphatic rings. The Morgan fingerprint density at radius 3 is 2.73 bits per heavy atom. The van der Waals surface area contributed by atoms with Crippen molar-refractivity contribution >= 4 is 5.97 Å². The Morgan fingerprint density at radius 2 is 2.06 bits per heavy atom. The highest BCUT2D eigenvalue weighted by Gasteiger charge is 2.54. The minimum Gasteiger partial charge on any atom is -0.454 e. The lowest BCUT2D eigenvalue weighted by Gasteiger charge is -2.58. The number of hydrogen-bond donors (Lipinski definition) is 2. The lowest BCUT2D eigenvalue weighted by molar-refractivity contribution is -0.197. The van der Waals surface area contributed by atoms with E-state index in [0.717, 1.165) is 19.3 Å². The van der Waals surface area contributed by atoms with Crippen LogP contribution in [0.2, 0.25) is 0 Å². The zero-order valence-corrected chi connectivity index (χ0v) is 20.7. The molecule has 0 radical (unpaired) electrons. The van der Waals surface area contributed by atoms with Gasteiger partial charge in [-0.15, -0.1) is 6.58 Å². The van der Waals surface area contributed by atoms with Crippen molar-refractivity contribution in [3.8, 4) is 0 Å². The molecule has 0 aromatic heterocycles. The van der Waals surface area contributed by atoms with Crippen LogP contribution >= 0.6 is 0 Å². The van der Waals surface area contributed by atoms with Crippen molar-refractivity contribution in [2.75, 3.05) is 13.2 Å². The summed E-state index contributed by atoms with van der Waals surface area (Å²) in [6.07, 6.45) is 9.06. The highest BCUT2D eigenvalue weighted by Crippen LogP contribution is 2.63. The zero-order valence-electron chi connectivity index (χ0n) is 20.7. The predicted molar refractivity (Wildman–Crippen MR) is 125 cm³/mol. The van der Waals surface area contributed by atoms with Gasteiger partial charge in [-0.05, 0) is 61.2 Å². The third-order valence-electron chi connectivity index (χ3n) is 9.43. The van der Waals surface area contributed by atoms with E-state index in [1.165, 1.54) is 38.2 Å². The number of fused-ring (bicyclic) bond motifs is 3. The Kier molecular flexibility index (Phi) is 6.87. The zero-order chi connectivity index (χ0) is 24.0. The normalized spacial score (nSPS) is 47.3. The molecule has 0 bridgehead atoms. The Labute approximate surface area is 198 Å². The standard InChI is InChI=1S/C27H42O6/c1-6-25(3)12-13-27(5)18(14-25)9-10-19-20(27)8-7-11-26(19,4)16-31-24-23(32-17(2)29)22(30)21(15-28)33-24/h6,10,18,20-24,28,30H,1,7-9,11-16H2,2-5H3/t18-,20-,21-,22+,23+,24-,25-,26+,27-/m0/s1. The minimum atomic E-state index is -1.11. The van der Waals surface area contributed by atoms with Gasteiger partial charge >= 0.3 is 5.97 Å². The molecule has 0 unspecified atom stereocenters. The summed E-state index contributed by atoms with van der Waals surface area (Å²) in [4.78, 5) is 11.6. The van der Waals surface area contributed by atoms with Crippen molar-refractivity contribution < 1.29 is 29.2 Å². The van der Waals surface area contributed by atoms with E-state index in [9.17, 15) is 15.0 Å². The van der Waals surface area contributed by atoms with Gasteiger partial charge in [0.05, 0.1) is 13.2 Å². The molecule has 2 saturated carbocycles. The number of hydrogen-bond acceptors (Lipinski definition) is 6. The molecular formula is C27H42O6. The van der Waals surface area contributed by atoms with Crippen LogP contribution in [0.1, 0.15) is 72.6 Å². The van der Waals surface area contributed by atoms with Crippen LogP contribution in [0.5, 0.6) is 0 Å². The van der Waals surface area contributed by atoms with Crippen LogP contribution in [-0.4, -0.2) is 54.0 Å². The van der Waals surface area contributed by atoms with E-state index in [2.05, 4.69) is 39.5 Å². The molecule has 1 aliphatic heterocycles. The summed E-state index contributed by atoms with van der Waals surface area (Å²) in [5.41, 5.74) is 1.93. The van der Waals surface area contributed by atoms with Gasteiger partial charge in [0, 0.05) is 12.3 Å². The maximum atomic E-state index is 11.6. The average molecular weight is 463 g/mol. The predicted octanol–water partition coefficient (Wildman–Crippen LogP) is 4.15. The van der Waals surface area contributed by atoms with E-state index < -0.39 is 30.6 Å². The summed E-state index contributed by atoms with van der Waals surface area (Å²) in [7, 11) is 0. The van der Waals surface area contributed by atoms with Crippen molar-refractivity contribution in [2.24, 2.45) is 28.1 Å². The average Bonchev–Trinajstić information content (AvgIpc) is 3.07. The number of aliphatic hydroxyl groups is 2. The van der Waals surface area contributed by atoms with E-state index in [1.807, 2.05) is 0 Å². The van der Waals surface area contributed by atoms with E-state index >= 15 is 0 Å². The smallest absolute Gasteiger partial charge is 0.303 e. The first-order valence-electron chi connectivity index (χ1n) is 12.6. The second-order valence-electron chi connectivity index (χ2n) is 11.8. The van der Waals surface area contributed by atoms with Crippen LogP contribution in [0.3, 0.4) is 0 Å². The summed E-state index contributed by atoms with van der Waals surface area (Å²) in [6.45, 7) is 12.6. The molecule has 2 N–H and O–H groups in total. The first-order valence-corrected chi connectivity index (χ1v) is 12.6. The van der Waals surface area contributed by atoms with Crippen LogP contribution in [0.25, 0.3) is 0 Å². The van der Waals surface area contributed by atoms with Gasteiger partial charge in [0.15, 0.2) is 12.4 Å². The molecule has 186 valence electrons. The molecule has 0 spiro atoms. The van der Waals surface area contributed by atoms with E-state index in [-0.39, 0.29) is 17.4 Å². The van der Waals surface area contributed by atoms with Gasteiger partial charge in [0.1, 0.15) is 12.2 Å². The number of carbonyl (C=O) groups is 1. The number of aliphatic hydroxyl groups excluding tert-OH is 2. The second kappa shape index (κ2) is 9.10. The van der Waals surface area contributed by atoms with Gasteiger partial charge < -0.3 is 24.4 Å². The van der Waals surface area contributed by atoms with Crippen molar-refractivity contribution in [2.45, 2.75) is 97.2 Å². The summed E-state index contributed by atoms with van der Waals surface area (Å²) < 4.78 is 17.2. The first kappa shape index (κ1) is 24.9. The van der Waals surface area contributed by atoms with Crippen molar-refractivity contribution in [1.29, 1.82) is 0 Å². The Morgan fingerprint density at radius 1 is 1.30 bits per heavy atom. The molecule has 0 amide bonds. The summed E-state index contributed by atoms with van der Waals surface area (Å²) in [5.74, 6) is 0.729. The van der Waals surface area contributed by atoms with Gasteiger partial charge in [-0.25, -0.2) is 0 Å². The summed E-state index contributed by atoms with van der Waals surface area (Å²) in [6, 6.07) is 0. The summed E-state index contributed by atoms with van der Waals surface area (Å²) >= 11 is 0. The molecule has 4 rings (SSSR count). The fraction of sp³-hybridized carbons (Fsp3) is 0.815. The maximum Gasteiger partial charge on any atom is 0.303 e. The van der Waals surface area contributed by atoms with Crippen LogP contribution in [0.4, 0.5) is 0 Å². The second-order valence-corrected chi connectivity index (χ2v) is 11.8. The van der Waals surface area contributed by atoms with Gasteiger partial charge in [-0.2, -0.15) is 0 Å². The molecule has 6 heteroatoms. The van der Waals surface area contributed by atoms with Gasteiger partial charge in [0.2, 0.25) is 0 Å². The Balaban J connectivity index is 1.51. The van der Waals surface area contributed by atoms with E-state index in [1.54, 1.807) is 0 Å². The molecule has 1 heterocycles. The topological polar surface area (TPSA) is 85.2 Å². The first-order chi connectivity index (χ1) is 15.5. The van der Waals surface area contributed by atoms with Gasteiger partial charge in [0.25, 0.3) is 0 Å². The molecule has 6 nitrogen and oxygen atoms in total. The molecule has 0 aromatic rings. The molecule has 3 fully saturated rings. The molecule has 3 aliphatic carbocycles. The van der Waals surface area contributed by atoms with Crippen molar-refractivity contribution in [3.63, 3.8) is 0 Å². The maximum absolute atomic E-state index is 11.6. The molecule has 9 atom stereocenters. The number of esters is 1. The highest BCUT2D eigenvalue weighted by atomic mass is 16.7. The fourth-order valence-electron chi connectivity index (χ4n) is 7.14. The highest BCUT2D eigenvalue weighted by molar-refractivity contribution is 5.66. The monoisotopic (exact) mass is 462 g/mol. The quantitative estimate of drug-likeness (QED) is 0.456. The molecule has 1 saturated heterocycles. The Hall–Kier alpha value is -1.21. The lowest BCUT2D eigenvalue weighted by atomic mass is 9.47. The van der Waals surface area contributed by atoms with Crippen LogP contribution in [-0.2, 0) is 19.0 Å². The van der Waals surface area contributed by atoms with Crippen LogP contribution < -0.4 is 0 Å². The largest absolute Gasteiger partial charge is 0.454 e. The van der Waals surface area contributed by atoms with Crippen LogP contribution in [0, 0.1) is 28.1 Å². The number of allylic oxidation sites excluding steroid dienone is 2. The van der Waals surface area contributed by atoms with E-state index in [0.29, 0.717) is 23.9 Å². The third-order valence-corrected chi connectivity index (χ3v) is 9.43.